The summed E-state index contributed by atoms with van der Waals surface area (Å²) in [5.41, 5.74) is 0.608. The highest BCUT2D eigenvalue weighted by molar-refractivity contribution is 7.91. The fourth-order valence-electron chi connectivity index (χ4n) is 2.34. The molecule has 0 saturated carbocycles. The largest absolute Gasteiger partial charge is 0.373 e. The zero-order chi connectivity index (χ0) is 15.7. The summed E-state index contributed by atoms with van der Waals surface area (Å²) >= 11 is 1.37. The Morgan fingerprint density at radius 2 is 2.19 bits per heavy atom. The molecule has 7 heteroatoms. The molecule has 0 radical (unpaired) electrons. The molecule has 21 heavy (non-hydrogen) atoms. The van der Waals surface area contributed by atoms with Gasteiger partial charge in [0.2, 0.25) is 0 Å². The Balaban J connectivity index is 2.23. The van der Waals surface area contributed by atoms with Crippen LogP contribution in [0.3, 0.4) is 0 Å². The van der Waals surface area contributed by atoms with Gasteiger partial charge in [-0.3, -0.25) is 0 Å². The highest BCUT2D eigenvalue weighted by Gasteiger charge is 2.35. The van der Waals surface area contributed by atoms with Crippen LogP contribution in [0.25, 0.3) is 0 Å². The fraction of sp³-hybridized carbons (Fsp3) is 0.714. The van der Waals surface area contributed by atoms with Gasteiger partial charge >= 0.3 is 0 Å². The van der Waals surface area contributed by atoms with E-state index < -0.39 is 15.6 Å². The third-order valence-corrected chi connectivity index (χ3v) is 7.05. The quantitative estimate of drug-likeness (QED) is 0.895. The maximum absolute atomic E-state index is 12.8. The van der Waals surface area contributed by atoms with Gasteiger partial charge in [-0.15, -0.1) is 11.3 Å². The molecule has 2 heterocycles. The number of morpholine rings is 1. The summed E-state index contributed by atoms with van der Waals surface area (Å²) in [7, 11) is -3.42. The van der Waals surface area contributed by atoms with Crippen molar-refractivity contribution < 1.29 is 13.2 Å². The highest BCUT2D eigenvalue weighted by atomic mass is 32.2. The van der Waals surface area contributed by atoms with E-state index in [1.165, 1.54) is 11.3 Å². The smallest absolute Gasteiger partial charge is 0.252 e. The van der Waals surface area contributed by atoms with E-state index in [4.69, 9.17) is 4.74 Å². The Morgan fingerprint density at radius 1 is 1.48 bits per heavy atom. The van der Waals surface area contributed by atoms with Gasteiger partial charge < -0.3 is 10.1 Å². The standard InChI is InChI=1S/C14H24N2O3S2/c1-5-15-9-12-11(2)8-13(20-12)21(17,18)16-6-7-19-14(3,4)10-16/h8,15H,5-7,9-10H2,1-4H3. The fourth-order valence-corrected chi connectivity index (χ4v) is 5.62. The van der Waals surface area contributed by atoms with Gasteiger partial charge in [-0.2, -0.15) is 4.31 Å². The van der Waals surface area contributed by atoms with Gasteiger partial charge in [0, 0.05) is 24.5 Å². The molecular formula is C14H24N2O3S2. The van der Waals surface area contributed by atoms with Gasteiger partial charge in [0.15, 0.2) is 0 Å². The predicted octanol–water partition coefficient (Wildman–Crippen LogP) is 1.97. The molecule has 0 bridgehead atoms. The van der Waals surface area contributed by atoms with Crippen molar-refractivity contribution in [2.45, 2.75) is 44.0 Å². The van der Waals surface area contributed by atoms with E-state index in [9.17, 15) is 8.42 Å². The molecule has 0 amide bonds. The van der Waals surface area contributed by atoms with Crippen molar-refractivity contribution in [2.75, 3.05) is 26.2 Å². The van der Waals surface area contributed by atoms with E-state index in [2.05, 4.69) is 5.32 Å². The average Bonchev–Trinajstić information content (AvgIpc) is 2.77. The minimum absolute atomic E-state index is 0.398. The zero-order valence-electron chi connectivity index (χ0n) is 13.1. The van der Waals surface area contributed by atoms with Crippen molar-refractivity contribution in [2.24, 2.45) is 0 Å². The number of aryl methyl sites for hydroxylation is 1. The second-order valence-electron chi connectivity index (χ2n) is 5.90. The summed E-state index contributed by atoms with van der Waals surface area (Å²) in [6.07, 6.45) is 0. The van der Waals surface area contributed by atoms with Crippen LogP contribution in [0.5, 0.6) is 0 Å². The molecule has 1 aliphatic heterocycles. The molecule has 1 aromatic heterocycles. The minimum atomic E-state index is -3.42. The first-order valence-electron chi connectivity index (χ1n) is 7.20. The monoisotopic (exact) mass is 332 g/mol. The Kier molecular flexibility index (Phi) is 5.10. The van der Waals surface area contributed by atoms with E-state index >= 15 is 0 Å². The summed E-state index contributed by atoms with van der Waals surface area (Å²) in [4.78, 5) is 1.09. The Hall–Kier alpha value is -0.470. The molecule has 0 spiro atoms. The van der Waals surface area contributed by atoms with Crippen molar-refractivity contribution in [3.63, 3.8) is 0 Å². The molecular weight excluding hydrogens is 308 g/mol. The summed E-state index contributed by atoms with van der Waals surface area (Å²) < 4.78 is 33.1. The second-order valence-corrected chi connectivity index (χ2v) is 9.20. The number of nitrogens with zero attached hydrogens (tertiary/aromatic N) is 1. The van der Waals surface area contributed by atoms with Crippen molar-refractivity contribution in [1.29, 1.82) is 0 Å². The van der Waals surface area contributed by atoms with E-state index in [1.807, 2.05) is 27.7 Å². The summed E-state index contributed by atoms with van der Waals surface area (Å²) in [6, 6.07) is 1.79. The lowest BCUT2D eigenvalue weighted by molar-refractivity contribution is -0.0639. The molecule has 2 rings (SSSR count). The minimum Gasteiger partial charge on any atom is -0.373 e. The van der Waals surface area contributed by atoms with Gasteiger partial charge in [-0.05, 0) is 38.9 Å². The maximum atomic E-state index is 12.8. The van der Waals surface area contributed by atoms with Crippen molar-refractivity contribution in [3.8, 4) is 0 Å². The number of hydrogen-bond acceptors (Lipinski definition) is 5. The Morgan fingerprint density at radius 3 is 2.81 bits per heavy atom. The molecule has 0 unspecified atom stereocenters. The SMILES string of the molecule is CCNCc1sc(S(=O)(=O)N2CCOC(C)(C)C2)cc1C. The molecule has 0 atom stereocenters. The van der Waals surface area contributed by atoms with E-state index in [0.717, 1.165) is 23.5 Å². The summed E-state index contributed by atoms with van der Waals surface area (Å²) in [6.45, 7) is 10.7. The molecule has 120 valence electrons. The molecule has 1 N–H and O–H groups in total. The molecule has 1 aromatic rings. The van der Waals surface area contributed by atoms with Crippen LogP contribution in [0, 0.1) is 6.92 Å². The molecule has 5 nitrogen and oxygen atoms in total. The first kappa shape index (κ1) is 16.9. The number of thiophene rings is 1. The number of ether oxygens (including phenoxy) is 1. The zero-order valence-corrected chi connectivity index (χ0v) is 14.7. The molecule has 1 aliphatic rings. The van der Waals surface area contributed by atoms with E-state index in [0.29, 0.717) is 23.9 Å². The van der Waals surface area contributed by atoms with E-state index in [-0.39, 0.29) is 0 Å². The van der Waals surface area contributed by atoms with Crippen LogP contribution in [0.15, 0.2) is 10.3 Å². The lowest BCUT2D eigenvalue weighted by Crippen LogP contribution is -2.50. The number of nitrogens with one attached hydrogen (secondary N) is 1. The van der Waals surface area contributed by atoms with Crippen LogP contribution in [0.4, 0.5) is 0 Å². The van der Waals surface area contributed by atoms with Gasteiger partial charge in [-0.1, -0.05) is 6.92 Å². The maximum Gasteiger partial charge on any atom is 0.252 e. The van der Waals surface area contributed by atoms with Crippen LogP contribution in [-0.2, 0) is 21.3 Å². The van der Waals surface area contributed by atoms with Gasteiger partial charge in [0.05, 0.1) is 12.2 Å². The average molecular weight is 332 g/mol. The van der Waals surface area contributed by atoms with Crippen molar-refractivity contribution in [3.05, 3.63) is 16.5 Å². The third-order valence-electron chi connectivity index (χ3n) is 3.52. The van der Waals surface area contributed by atoms with E-state index in [1.54, 1.807) is 10.4 Å². The highest BCUT2D eigenvalue weighted by Crippen LogP contribution is 2.30. The lowest BCUT2D eigenvalue weighted by Gasteiger charge is -2.37. The first-order valence-corrected chi connectivity index (χ1v) is 9.46. The van der Waals surface area contributed by atoms with Crippen molar-refractivity contribution in [1.82, 2.24) is 9.62 Å². The van der Waals surface area contributed by atoms with Crippen molar-refractivity contribution >= 4 is 21.4 Å². The van der Waals surface area contributed by atoms with Gasteiger partial charge in [0.25, 0.3) is 10.0 Å². The lowest BCUT2D eigenvalue weighted by atomic mass is 10.1. The van der Waals surface area contributed by atoms with Crippen LogP contribution in [-0.4, -0.2) is 44.6 Å². The molecule has 1 fully saturated rings. The van der Waals surface area contributed by atoms with Gasteiger partial charge in [0.1, 0.15) is 4.21 Å². The predicted molar refractivity (Wildman–Crippen MR) is 85.2 cm³/mol. The molecule has 1 saturated heterocycles. The molecule has 0 aromatic carbocycles. The Labute approximate surface area is 131 Å². The second kappa shape index (κ2) is 6.34. The van der Waals surface area contributed by atoms with Crippen LogP contribution in [0.2, 0.25) is 0 Å². The van der Waals surface area contributed by atoms with Gasteiger partial charge in [-0.25, -0.2) is 8.42 Å². The van der Waals surface area contributed by atoms with Crippen LogP contribution in [0.1, 0.15) is 31.2 Å². The normalized spacial score (nSPS) is 19.8. The van der Waals surface area contributed by atoms with Crippen LogP contribution >= 0.6 is 11.3 Å². The topological polar surface area (TPSA) is 58.6 Å². The number of rotatable bonds is 5. The van der Waals surface area contributed by atoms with Crippen LogP contribution < -0.4 is 5.32 Å². The molecule has 0 aliphatic carbocycles. The Bertz CT molecular complexity index is 593. The third kappa shape index (κ3) is 3.84. The number of hydrogen-bond donors (Lipinski definition) is 1. The summed E-state index contributed by atoms with van der Waals surface area (Å²) in [5.74, 6) is 0. The number of sulfonamides is 1. The summed E-state index contributed by atoms with van der Waals surface area (Å²) in [5, 5.41) is 3.24. The first-order chi connectivity index (χ1) is 9.76.